The van der Waals surface area contributed by atoms with Gasteiger partial charge in [0.1, 0.15) is 5.75 Å². The monoisotopic (exact) mass is 163 g/mol. The first-order valence-electron chi connectivity index (χ1n) is 3.99. The maximum absolute atomic E-state index is 9.01. The molecule has 0 fully saturated rings. The van der Waals surface area contributed by atoms with Crippen molar-refractivity contribution in [1.29, 1.82) is 5.41 Å². The van der Waals surface area contributed by atoms with Crippen LogP contribution in [0.1, 0.15) is 19.4 Å². The Morgan fingerprint density at radius 2 is 1.75 bits per heavy atom. The second kappa shape index (κ2) is 3.39. The fourth-order valence-corrected chi connectivity index (χ4v) is 0.974. The Morgan fingerprint density at radius 1 is 1.25 bits per heavy atom. The number of phenols is 1. The summed E-state index contributed by atoms with van der Waals surface area (Å²) in [6.07, 6.45) is 0. The van der Waals surface area contributed by atoms with E-state index < -0.39 is 0 Å². The van der Waals surface area contributed by atoms with Gasteiger partial charge in [0.05, 0.1) is 0 Å². The first-order valence-corrected chi connectivity index (χ1v) is 3.99. The zero-order chi connectivity index (χ0) is 9.14. The number of phenolic OH excluding ortho intramolecular Hbond substituents is 1. The molecule has 0 aliphatic carbocycles. The molecule has 0 amide bonds. The molecule has 0 atom stereocenters. The molecule has 0 radical (unpaired) electrons. The Labute approximate surface area is 72.4 Å². The van der Waals surface area contributed by atoms with Crippen molar-refractivity contribution in [2.75, 3.05) is 0 Å². The van der Waals surface area contributed by atoms with Gasteiger partial charge in [-0.25, -0.2) is 0 Å². The molecule has 1 aromatic rings. The van der Waals surface area contributed by atoms with Crippen LogP contribution in [0.2, 0.25) is 0 Å². The first kappa shape index (κ1) is 8.78. The summed E-state index contributed by atoms with van der Waals surface area (Å²) in [6, 6.07) is 6.73. The van der Waals surface area contributed by atoms with E-state index in [1.807, 2.05) is 13.8 Å². The zero-order valence-corrected chi connectivity index (χ0v) is 7.33. The van der Waals surface area contributed by atoms with E-state index in [2.05, 4.69) is 0 Å². The molecule has 1 rings (SSSR count). The number of hydrogen-bond acceptors (Lipinski definition) is 2. The topological polar surface area (TPSA) is 44.1 Å². The van der Waals surface area contributed by atoms with Gasteiger partial charge in [0.2, 0.25) is 0 Å². The molecular formula is C10H13NO. The highest BCUT2D eigenvalue weighted by molar-refractivity contribution is 5.99. The van der Waals surface area contributed by atoms with E-state index in [1.54, 1.807) is 24.3 Å². The summed E-state index contributed by atoms with van der Waals surface area (Å²) >= 11 is 0. The first-order chi connectivity index (χ1) is 5.61. The summed E-state index contributed by atoms with van der Waals surface area (Å²) in [4.78, 5) is 0. The third-order valence-electron chi connectivity index (χ3n) is 1.76. The van der Waals surface area contributed by atoms with Crippen molar-refractivity contribution in [3.63, 3.8) is 0 Å². The van der Waals surface area contributed by atoms with Gasteiger partial charge in [-0.1, -0.05) is 13.8 Å². The van der Waals surface area contributed by atoms with Crippen molar-refractivity contribution >= 4 is 5.71 Å². The summed E-state index contributed by atoms with van der Waals surface area (Å²) in [5, 5.41) is 16.7. The molecule has 2 N–H and O–H groups in total. The van der Waals surface area contributed by atoms with Crippen LogP contribution in [0.3, 0.4) is 0 Å². The summed E-state index contributed by atoms with van der Waals surface area (Å²) in [6.45, 7) is 3.96. The largest absolute Gasteiger partial charge is 0.508 e. The molecule has 64 valence electrons. The molecule has 0 spiro atoms. The standard InChI is InChI=1S/C10H13NO/c1-7(2)10(11)8-3-5-9(12)6-4-8/h3-7,11-12H,1-2H3. The lowest BCUT2D eigenvalue weighted by Gasteiger charge is -2.06. The van der Waals surface area contributed by atoms with Crippen LogP contribution in [0.15, 0.2) is 24.3 Å². The van der Waals surface area contributed by atoms with Gasteiger partial charge >= 0.3 is 0 Å². The smallest absolute Gasteiger partial charge is 0.115 e. The van der Waals surface area contributed by atoms with E-state index in [4.69, 9.17) is 10.5 Å². The number of nitrogens with one attached hydrogen (secondary N) is 1. The second-order valence-electron chi connectivity index (χ2n) is 3.12. The number of aromatic hydroxyl groups is 1. The molecule has 0 aliphatic heterocycles. The van der Waals surface area contributed by atoms with Crippen molar-refractivity contribution in [3.8, 4) is 5.75 Å². The van der Waals surface area contributed by atoms with Crippen LogP contribution in [0.5, 0.6) is 5.75 Å². The molecule has 2 heteroatoms. The van der Waals surface area contributed by atoms with E-state index in [9.17, 15) is 0 Å². The average molecular weight is 163 g/mol. The quantitative estimate of drug-likeness (QED) is 0.646. The fraction of sp³-hybridized carbons (Fsp3) is 0.300. The Hall–Kier alpha value is -1.31. The lowest BCUT2D eigenvalue weighted by Crippen LogP contribution is -2.06. The minimum Gasteiger partial charge on any atom is -0.508 e. The van der Waals surface area contributed by atoms with Crippen LogP contribution in [-0.2, 0) is 0 Å². The molecule has 2 nitrogen and oxygen atoms in total. The summed E-state index contributed by atoms with van der Waals surface area (Å²) in [5.74, 6) is 0.477. The van der Waals surface area contributed by atoms with Crippen LogP contribution in [0.25, 0.3) is 0 Å². The number of hydrogen-bond donors (Lipinski definition) is 2. The van der Waals surface area contributed by atoms with Gasteiger partial charge < -0.3 is 10.5 Å². The van der Waals surface area contributed by atoms with Gasteiger partial charge in [-0.05, 0) is 35.7 Å². The molecular weight excluding hydrogens is 150 g/mol. The van der Waals surface area contributed by atoms with E-state index in [0.717, 1.165) is 5.56 Å². The lowest BCUT2D eigenvalue weighted by molar-refractivity contribution is 0.475. The summed E-state index contributed by atoms with van der Waals surface area (Å²) in [7, 11) is 0. The minimum atomic E-state index is 0.231. The normalized spacial score (nSPS) is 10.2. The summed E-state index contributed by atoms with van der Waals surface area (Å²) in [5.41, 5.74) is 1.48. The molecule has 0 aliphatic rings. The second-order valence-corrected chi connectivity index (χ2v) is 3.12. The van der Waals surface area contributed by atoms with Crippen LogP contribution >= 0.6 is 0 Å². The third-order valence-corrected chi connectivity index (χ3v) is 1.76. The van der Waals surface area contributed by atoms with Crippen LogP contribution in [0, 0.1) is 11.3 Å². The van der Waals surface area contributed by atoms with Crippen molar-refractivity contribution in [3.05, 3.63) is 29.8 Å². The number of rotatable bonds is 2. The van der Waals surface area contributed by atoms with Gasteiger partial charge in [0.15, 0.2) is 0 Å². The predicted molar refractivity (Wildman–Crippen MR) is 49.8 cm³/mol. The molecule has 12 heavy (non-hydrogen) atoms. The summed E-state index contributed by atoms with van der Waals surface area (Å²) < 4.78 is 0. The highest BCUT2D eigenvalue weighted by Gasteiger charge is 2.04. The van der Waals surface area contributed by atoms with Crippen molar-refractivity contribution in [1.82, 2.24) is 0 Å². The Bertz CT molecular complexity index is 274. The third kappa shape index (κ3) is 1.84. The number of benzene rings is 1. The SMILES string of the molecule is CC(C)C(=N)c1ccc(O)cc1. The highest BCUT2D eigenvalue weighted by atomic mass is 16.3. The van der Waals surface area contributed by atoms with Crippen molar-refractivity contribution in [2.24, 2.45) is 5.92 Å². The van der Waals surface area contributed by atoms with E-state index in [0.29, 0.717) is 5.71 Å². The van der Waals surface area contributed by atoms with Crippen molar-refractivity contribution in [2.45, 2.75) is 13.8 Å². The average Bonchev–Trinajstić information content (AvgIpc) is 2.04. The molecule has 1 aromatic carbocycles. The Balaban J connectivity index is 2.90. The molecule has 0 bridgehead atoms. The fourth-order valence-electron chi connectivity index (χ4n) is 0.974. The van der Waals surface area contributed by atoms with Gasteiger partial charge in [-0.2, -0.15) is 0 Å². The Kier molecular flexibility index (Phi) is 2.48. The molecule has 0 saturated carbocycles. The highest BCUT2D eigenvalue weighted by Crippen LogP contribution is 2.12. The van der Waals surface area contributed by atoms with Gasteiger partial charge in [0.25, 0.3) is 0 Å². The molecule has 0 unspecified atom stereocenters. The molecule has 0 saturated heterocycles. The van der Waals surface area contributed by atoms with Gasteiger partial charge in [-0.3, -0.25) is 0 Å². The van der Waals surface area contributed by atoms with Crippen LogP contribution in [-0.4, -0.2) is 10.8 Å². The van der Waals surface area contributed by atoms with E-state index in [1.165, 1.54) is 0 Å². The van der Waals surface area contributed by atoms with Crippen molar-refractivity contribution < 1.29 is 5.11 Å². The van der Waals surface area contributed by atoms with Crippen LogP contribution < -0.4 is 0 Å². The maximum Gasteiger partial charge on any atom is 0.115 e. The zero-order valence-electron chi connectivity index (χ0n) is 7.33. The Morgan fingerprint density at radius 3 is 2.17 bits per heavy atom. The van der Waals surface area contributed by atoms with Gasteiger partial charge in [0, 0.05) is 5.71 Å². The van der Waals surface area contributed by atoms with Gasteiger partial charge in [-0.15, -0.1) is 0 Å². The minimum absolute atomic E-state index is 0.231. The molecule has 0 heterocycles. The maximum atomic E-state index is 9.01. The molecule has 0 aromatic heterocycles. The van der Waals surface area contributed by atoms with Crippen LogP contribution in [0.4, 0.5) is 0 Å². The van der Waals surface area contributed by atoms with E-state index in [-0.39, 0.29) is 11.7 Å². The lowest BCUT2D eigenvalue weighted by atomic mass is 10.0. The van der Waals surface area contributed by atoms with E-state index >= 15 is 0 Å². The predicted octanol–water partition coefficient (Wildman–Crippen LogP) is 2.42.